The average molecular weight is 284 g/mol. The molecule has 1 unspecified atom stereocenters. The molecule has 2 aromatic rings. The molecular formula is C13H11Cl2NO2. The first-order valence-electron chi connectivity index (χ1n) is 5.59. The maximum Gasteiger partial charge on any atom is 0.173 e. The summed E-state index contributed by atoms with van der Waals surface area (Å²) in [6.45, 7) is 2.52. The fourth-order valence-electron chi connectivity index (χ4n) is 1.98. The van der Waals surface area contributed by atoms with Crippen molar-refractivity contribution in [2.75, 3.05) is 11.9 Å². The molecule has 18 heavy (non-hydrogen) atoms. The quantitative estimate of drug-likeness (QED) is 0.840. The Morgan fingerprint density at radius 2 is 2.11 bits per heavy atom. The van der Waals surface area contributed by atoms with Gasteiger partial charge in [0.2, 0.25) is 0 Å². The second-order valence-corrected chi connectivity index (χ2v) is 5.04. The van der Waals surface area contributed by atoms with Crippen molar-refractivity contribution in [2.24, 2.45) is 0 Å². The third kappa shape index (κ3) is 2.04. The molecular weight excluding hydrogens is 273 g/mol. The average Bonchev–Trinajstić information content (AvgIpc) is 2.75. The van der Waals surface area contributed by atoms with Crippen molar-refractivity contribution in [3.05, 3.63) is 45.8 Å². The van der Waals surface area contributed by atoms with Crippen LogP contribution < -0.4 is 10.1 Å². The summed E-state index contributed by atoms with van der Waals surface area (Å²) < 4.78 is 11.4. The van der Waals surface area contributed by atoms with Gasteiger partial charge in [0.25, 0.3) is 0 Å². The van der Waals surface area contributed by atoms with Crippen LogP contribution in [0.15, 0.2) is 28.7 Å². The van der Waals surface area contributed by atoms with Crippen LogP contribution in [-0.2, 0) is 0 Å². The van der Waals surface area contributed by atoms with E-state index in [1.807, 2.05) is 19.1 Å². The fraction of sp³-hybridized carbons (Fsp3) is 0.231. The third-order valence-corrected chi connectivity index (χ3v) is 3.32. The lowest BCUT2D eigenvalue weighted by atomic mass is 10.2. The molecule has 0 aliphatic carbocycles. The van der Waals surface area contributed by atoms with Crippen LogP contribution in [0.2, 0.25) is 10.0 Å². The van der Waals surface area contributed by atoms with Gasteiger partial charge in [0.1, 0.15) is 11.5 Å². The molecule has 0 saturated carbocycles. The number of benzene rings is 1. The van der Waals surface area contributed by atoms with Crippen LogP contribution in [0.1, 0.15) is 17.6 Å². The summed E-state index contributed by atoms with van der Waals surface area (Å²) in [7, 11) is 0. The van der Waals surface area contributed by atoms with Gasteiger partial charge in [-0.05, 0) is 31.2 Å². The summed E-state index contributed by atoms with van der Waals surface area (Å²) in [6, 6.07) is 7.29. The number of anilines is 1. The van der Waals surface area contributed by atoms with Gasteiger partial charge >= 0.3 is 0 Å². The first-order valence-corrected chi connectivity index (χ1v) is 6.35. The van der Waals surface area contributed by atoms with Crippen LogP contribution in [0.4, 0.5) is 5.69 Å². The number of fused-ring (bicyclic) bond motifs is 1. The summed E-state index contributed by atoms with van der Waals surface area (Å²) in [5.41, 5.74) is 0.812. The van der Waals surface area contributed by atoms with E-state index < -0.39 is 0 Å². The van der Waals surface area contributed by atoms with Gasteiger partial charge in [-0.15, -0.1) is 0 Å². The molecule has 1 atom stereocenters. The molecule has 1 aromatic heterocycles. The van der Waals surface area contributed by atoms with Gasteiger partial charge in [-0.2, -0.15) is 0 Å². The van der Waals surface area contributed by atoms with E-state index in [0.29, 0.717) is 22.3 Å². The summed E-state index contributed by atoms with van der Waals surface area (Å²) >= 11 is 12.1. The zero-order chi connectivity index (χ0) is 12.7. The Bertz CT molecular complexity index is 595. The second-order valence-electron chi connectivity index (χ2n) is 4.20. The zero-order valence-corrected chi connectivity index (χ0v) is 11.2. The molecule has 1 aliphatic rings. The lowest BCUT2D eigenvalue weighted by molar-refractivity contribution is 0.179. The lowest BCUT2D eigenvalue weighted by Crippen LogP contribution is -2.23. The molecule has 0 spiro atoms. The first-order chi connectivity index (χ1) is 8.63. The molecule has 1 N–H and O–H groups in total. The Labute approximate surface area is 115 Å². The zero-order valence-electron chi connectivity index (χ0n) is 9.67. The Morgan fingerprint density at radius 3 is 2.83 bits per heavy atom. The molecule has 2 heterocycles. The molecule has 3 nitrogen and oxygen atoms in total. The van der Waals surface area contributed by atoms with Crippen molar-refractivity contribution in [3.8, 4) is 5.75 Å². The van der Waals surface area contributed by atoms with Gasteiger partial charge in [-0.3, -0.25) is 0 Å². The van der Waals surface area contributed by atoms with Crippen molar-refractivity contribution in [1.29, 1.82) is 0 Å². The predicted molar refractivity (Wildman–Crippen MR) is 71.8 cm³/mol. The van der Waals surface area contributed by atoms with E-state index in [4.69, 9.17) is 32.4 Å². The summed E-state index contributed by atoms with van der Waals surface area (Å²) in [5, 5.41) is 4.33. The van der Waals surface area contributed by atoms with Crippen molar-refractivity contribution in [3.63, 3.8) is 0 Å². The van der Waals surface area contributed by atoms with Gasteiger partial charge in [-0.25, -0.2) is 0 Å². The standard InChI is InChI=1S/C13H11Cl2NO2/c1-7-2-3-11(17-7)12-6-16-10-5-8(14)4-9(15)13(10)18-12/h2-5,12,16H,6H2,1H3. The molecule has 1 aliphatic heterocycles. The highest BCUT2D eigenvalue weighted by atomic mass is 35.5. The molecule has 0 bridgehead atoms. The van der Waals surface area contributed by atoms with Crippen LogP contribution in [-0.4, -0.2) is 6.54 Å². The summed E-state index contributed by atoms with van der Waals surface area (Å²) in [6.07, 6.45) is -0.176. The number of hydrogen-bond acceptors (Lipinski definition) is 3. The largest absolute Gasteiger partial charge is 0.477 e. The minimum Gasteiger partial charge on any atom is -0.477 e. The van der Waals surface area contributed by atoms with E-state index in [2.05, 4.69) is 5.32 Å². The minimum atomic E-state index is -0.176. The van der Waals surface area contributed by atoms with E-state index in [9.17, 15) is 0 Å². The minimum absolute atomic E-state index is 0.176. The van der Waals surface area contributed by atoms with Crippen LogP contribution in [0, 0.1) is 6.92 Å². The number of nitrogens with one attached hydrogen (secondary N) is 1. The van der Waals surface area contributed by atoms with Gasteiger partial charge < -0.3 is 14.5 Å². The summed E-state index contributed by atoms with van der Waals surface area (Å²) in [5.74, 6) is 2.27. The van der Waals surface area contributed by atoms with Crippen molar-refractivity contribution in [1.82, 2.24) is 0 Å². The molecule has 5 heteroatoms. The number of rotatable bonds is 1. The van der Waals surface area contributed by atoms with Gasteiger partial charge in [0, 0.05) is 5.02 Å². The number of ether oxygens (including phenoxy) is 1. The van der Waals surface area contributed by atoms with Crippen molar-refractivity contribution >= 4 is 28.9 Å². The van der Waals surface area contributed by atoms with E-state index in [1.165, 1.54) is 0 Å². The Kier molecular flexibility index (Phi) is 2.88. The highest BCUT2D eigenvalue weighted by Gasteiger charge is 2.25. The first kappa shape index (κ1) is 11.8. The van der Waals surface area contributed by atoms with Gasteiger partial charge in [0.05, 0.1) is 17.3 Å². The molecule has 0 saturated heterocycles. The number of hydrogen-bond donors (Lipinski definition) is 1. The van der Waals surface area contributed by atoms with E-state index in [-0.39, 0.29) is 6.10 Å². The van der Waals surface area contributed by atoms with Crippen molar-refractivity contribution in [2.45, 2.75) is 13.0 Å². The monoisotopic (exact) mass is 283 g/mol. The molecule has 3 rings (SSSR count). The van der Waals surface area contributed by atoms with Crippen LogP contribution >= 0.6 is 23.2 Å². The van der Waals surface area contributed by atoms with Gasteiger partial charge in [-0.1, -0.05) is 23.2 Å². The van der Waals surface area contributed by atoms with Crippen molar-refractivity contribution < 1.29 is 9.15 Å². The number of halogens is 2. The maximum atomic E-state index is 6.13. The Balaban J connectivity index is 1.93. The molecule has 0 fully saturated rings. The summed E-state index contributed by atoms with van der Waals surface area (Å²) in [4.78, 5) is 0. The van der Waals surface area contributed by atoms with E-state index in [1.54, 1.807) is 12.1 Å². The van der Waals surface area contributed by atoms with Crippen LogP contribution in [0.3, 0.4) is 0 Å². The fourth-order valence-corrected chi connectivity index (χ4v) is 2.52. The maximum absolute atomic E-state index is 6.13. The lowest BCUT2D eigenvalue weighted by Gasteiger charge is -2.27. The van der Waals surface area contributed by atoms with Crippen LogP contribution in [0.25, 0.3) is 0 Å². The Hall–Kier alpha value is -1.32. The number of aryl methyl sites for hydroxylation is 1. The molecule has 0 radical (unpaired) electrons. The second kappa shape index (κ2) is 4.41. The third-order valence-electron chi connectivity index (χ3n) is 2.82. The van der Waals surface area contributed by atoms with Crippen LogP contribution in [0.5, 0.6) is 5.75 Å². The van der Waals surface area contributed by atoms with E-state index in [0.717, 1.165) is 17.2 Å². The Morgan fingerprint density at radius 1 is 1.28 bits per heavy atom. The molecule has 0 amide bonds. The number of furan rings is 1. The highest BCUT2D eigenvalue weighted by molar-refractivity contribution is 6.36. The topological polar surface area (TPSA) is 34.4 Å². The highest BCUT2D eigenvalue weighted by Crippen LogP contribution is 2.41. The SMILES string of the molecule is Cc1ccc(C2CNc3cc(Cl)cc(Cl)c3O2)o1. The molecule has 94 valence electrons. The smallest absolute Gasteiger partial charge is 0.173 e. The normalized spacial score (nSPS) is 17.8. The van der Waals surface area contributed by atoms with E-state index >= 15 is 0 Å². The molecule has 1 aromatic carbocycles. The van der Waals surface area contributed by atoms with Gasteiger partial charge in [0.15, 0.2) is 11.9 Å². The predicted octanol–water partition coefficient (Wildman–Crippen LogP) is 4.44.